The summed E-state index contributed by atoms with van der Waals surface area (Å²) in [5.41, 5.74) is 1.13. The maximum absolute atomic E-state index is 10.1. The minimum absolute atomic E-state index is 0.111. The lowest BCUT2D eigenvalue weighted by molar-refractivity contribution is 0.0652. The molecule has 0 spiro atoms. The van der Waals surface area contributed by atoms with Crippen molar-refractivity contribution in [3.63, 3.8) is 0 Å². The molecule has 2 rings (SSSR count). The molecular formula is C15H17NO. The maximum atomic E-state index is 10.1. The van der Waals surface area contributed by atoms with Gasteiger partial charge in [-0.15, -0.1) is 6.58 Å². The van der Waals surface area contributed by atoms with Crippen LogP contribution in [0.5, 0.6) is 0 Å². The molecule has 1 aromatic heterocycles. The minimum atomic E-state index is -0.827. The molecule has 0 aliphatic heterocycles. The zero-order chi connectivity index (χ0) is 12.5. The van der Waals surface area contributed by atoms with Crippen LogP contribution in [0.25, 0.3) is 10.9 Å². The third-order valence-corrected chi connectivity index (χ3v) is 2.97. The molecule has 0 aliphatic rings. The second-order valence-corrected chi connectivity index (χ2v) is 4.83. The van der Waals surface area contributed by atoms with Crippen LogP contribution in [-0.4, -0.2) is 15.7 Å². The van der Waals surface area contributed by atoms with Gasteiger partial charge in [0.1, 0.15) is 0 Å². The Labute approximate surface area is 102 Å². The number of fused-ring (bicyclic) bond motifs is 1. The van der Waals surface area contributed by atoms with E-state index in [0.29, 0.717) is 0 Å². The minimum Gasteiger partial charge on any atom is -0.390 e. The van der Waals surface area contributed by atoms with Crippen molar-refractivity contribution in [2.75, 3.05) is 0 Å². The van der Waals surface area contributed by atoms with Gasteiger partial charge in [0.25, 0.3) is 0 Å². The van der Waals surface area contributed by atoms with E-state index in [9.17, 15) is 5.11 Å². The van der Waals surface area contributed by atoms with Crippen molar-refractivity contribution in [1.29, 1.82) is 0 Å². The molecule has 1 N–H and O–H groups in total. The Morgan fingerprint density at radius 3 is 2.71 bits per heavy atom. The molecule has 0 saturated heterocycles. The summed E-state index contributed by atoms with van der Waals surface area (Å²) in [7, 11) is 0. The Morgan fingerprint density at radius 2 is 2.06 bits per heavy atom. The number of hydrogen-bond acceptors (Lipinski definition) is 2. The number of aromatic nitrogens is 1. The first kappa shape index (κ1) is 11.8. The standard InChI is InChI=1S/C15H17NO/c1-4-13(15(2,3)17)12-9-11-7-5-6-8-14(11)16-10-12/h4-10,13,17H,1H2,2-3H3/t13-/m0/s1. The van der Waals surface area contributed by atoms with Gasteiger partial charge in [-0.1, -0.05) is 24.3 Å². The zero-order valence-electron chi connectivity index (χ0n) is 10.2. The van der Waals surface area contributed by atoms with Crippen molar-refractivity contribution in [2.24, 2.45) is 0 Å². The fraction of sp³-hybridized carbons (Fsp3) is 0.267. The number of benzene rings is 1. The largest absolute Gasteiger partial charge is 0.390 e. The molecule has 2 nitrogen and oxygen atoms in total. The molecule has 1 aromatic carbocycles. The highest BCUT2D eigenvalue weighted by Gasteiger charge is 2.25. The van der Waals surface area contributed by atoms with Crippen molar-refractivity contribution in [3.05, 3.63) is 54.7 Å². The Balaban J connectivity index is 2.52. The lowest BCUT2D eigenvalue weighted by Gasteiger charge is -2.26. The van der Waals surface area contributed by atoms with E-state index in [4.69, 9.17) is 0 Å². The van der Waals surface area contributed by atoms with E-state index in [0.717, 1.165) is 16.5 Å². The molecule has 88 valence electrons. The molecule has 2 aromatic rings. The van der Waals surface area contributed by atoms with Crippen molar-refractivity contribution >= 4 is 10.9 Å². The van der Waals surface area contributed by atoms with Crippen LogP contribution in [0.2, 0.25) is 0 Å². The van der Waals surface area contributed by atoms with Gasteiger partial charge in [0.15, 0.2) is 0 Å². The molecule has 0 saturated carbocycles. The maximum Gasteiger partial charge on any atom is 0.0702 e. The first-order valence-electron chi connectivity index (χ1n) is 5.72. The van der Waals surface area contributed by atoms with Gasteiger partial charge in [-0.25, -0.2) is 0 Å². The second kappa shape index (κ2) is 4.30. The topological polar surface area (TPSA) is 33.1 Å². The molecule has 1 heterocycles. The molecule has 0 radical (unpaired) electrons. The summed E-state index contributed by atoms with van der Waals surface area (Å²) in [6.07, 6.45) is 3.58. The van der Waals surface area contributed by atoms with Crippen molar-refractivity contribution in [2.45, 2.75) is 25.4 Å². The van der Waals surface area contributed by atoms with E-state index in [1.165, 1.54) is 0 Å². The molecular weight excluding hydrogens is 210 g/mol. The summed E-state index contributed by atoms with van der Waals surface area (Å²) in [6, 6.07) is 10.0. The summed E-state index contributed by atoms with van der Waals surface area (Å²) in [6.45, 7) is 7.37. The predicted molar refractivity (Wildman–Crippen MR) is 71.0 cm³/mol. The Kier molecular flexibility index (Phi) is 2.99. The molecule has 17 heavy (non-hydrogen) atoms. The molecule has 1 atom stereocenters. The van der Waals surface area contributed by atoms with Crippen LogP contribution in [0.1, 0.15) is 25.3 Å². The Hall–Kier alpha value is -1.67. The smallest absolute Gasteiger partial charge is 0.0702 e. The van der Waals surface area contributed by atoms with E-state index in [-0.39, 0.29) is 5.92 Å². The average Bonchev–Trinajstić information content (AvgIpc) is 2.28. The summed E-state index contributed by atoms with van der Waals surface area (Å²) in [5.74, 6) is -0.111. The lowest BCUT2D eigenvalue weighted by Crippen LogP contribution is -2.27. The van der Waals surface area contributed by atoms with Crippen molar-refractivity contribution in [3.8, 4) is 0 Å². The Bertz CT molecular complexity index is 540. The first-order chi connectivity index (χ1) is 8.02. The average molecular weight is 227 g/mol. The molecule has 0 aliphatic carbocycles. The Morgan fingerprint density at radius 1 is 1.35 bits per heavy atom. The summed E-state index contributed by atoms with van der Waals surface area (Å²) < 4.78 is 0. The lowest BCUT2D eigenvalue weighted by atomic mass is 9.85. The van der Waals surface area contributed by atoms with Gasteiger partial charge in [-0.2, -0.15) is 0 Å². The molecule has 0 amide bonds. The molecule has 0 bridgehead atoms. The number of rotatable bonds is 3. The van der Waals surface area contributed by atoms with E-state index in [1.807, 2.05) is 30.5 Å². The summed E-state index contributed by atoms with van der Waals surface area (Å²) in [5, 5.41) is 11.2. The van der Waals surface area contributed by atoms with Crippen LogP contribution in [0.3, 0.4) is 0 Å². The predicted octanol–water partition coefficient (Wildman–Crippen LogP) is 3.28. The van der Waals surface area contributed by atoms with Crippen LogP contribution < -0.4 is 0 Å². The monoisotopic (exact) mass is 227 g/mol. The van der Waals surface area contributed by atoms with Gasteiger partial charge >= 0.3 is 0 Å². The highest BCUT2D eigenvalue weighted by atomic mass is 16.3. The summed E-state index contributed by atoms with van der Waals surface area (Å²) >= 11 is 0. The fourth-order valence-electron chi connectivity index (χ4n) is 2.09. The van der Waals surface area contributed by atoms with E-state index >= 15 is 0 Å². The fourth-order valence-corrected chi connectivity index (χ4v) is 2.09. The van der Waals surface area contributed by atoms with Crippen molar-refractivity contribution in [1.82, 2.24) is 4.98 Å². The number of para-hydroxylation sites is 1. The van der Waals surface area contributed by atoms with E-state index < -0.39 is 5.60 Å². The normalized spacial score (nSPS) is 13.6. The van der Waals surface area contributed by atoms with Crippen LogP contribution in [-0.2, 0) is 0 Å². The SMILES string of the molecule is C=C[C@@H](c1cnc2ccccc2c1)C(C)(C)O. The van der Waals surface area contributed by atoms with Crippen molar-refractivity contribution < 1.29 is 5.11 Å². The van der Waals surface area contributed by atoms with Crippen LogP contribution >= 0.6 is 0 Å². The summed E-state index contributed by atoms with van der Waals surface area (Å²) in [4.78, 5) is 4.40. The highest BCUT2D eigenvalue weighted by Crippen LogP contribution is 2.30. The quantitative estimate of drug-likeness (QED) is 0.816. The molecule has 0 unspecified atom stereocenters. The van der Waals surface area contributed by atoms with Gasteiger partial charge < -0.3 is 5.11 Å². The van der Waals surface area contributed by atoms with Gasteiger partial charge in [0.2, 0.25) is 0 Å². The third-order valence-electron chi connectivity index (χ3n) is 2.97. The highest BCUT2D eigenvalue weighted by molar-refractivity contribution is 5.78. The van der Waals surface area contributed by atoms with Gasteiger partial charge in [0, 0.05) is 17.5 Å². The van der Waals surface area contributed by atoms with Gasteiger partial charge in [0.05, 0.1) is 11.1 Å². The van der Waals surface area contributed by atoms with E-state index in [1.54, 1.807) is 19.9 Å². The number of aliphatic hydroxyl groups is 1. The third kappa shape index (κ3) is 2.37. The van der Waals surface area contributed by atoms with Crippen LogP contribution in [0.15, 0.2) is 49.2 Å². The van der Waals surface area contributed by atoms with Crippen LogP contribution in [0.4, 0.5) is 0 Å². The molecule has 2 heteroatoms. The van der Waals surface area contributed by atoms with Gasteiger partial charge in [-0.3, -0.25) is 4.98 Å². The number of nitrogens with zero attached hydrogens (tertiary/aromatic N) is 1. The number of hydrogen-bond donors (Lipinski definition) is 1. The van der Waals surface area contributed by atoms with E-state index in [2.05, 4.69) is 17.6 Å². The van der Waals surface area contributed by atoms with Gasteiger partial charge in [-0.05, 0) is 31.5 Å². The second-order valence-electron chi connectivity index (χ2n) is 4.83. The van der Waals surface area contributed by atoms with Crippen LogP contribution in [0, 0.1) is 0 Å². The first-order valence-corrected chi connectivity index (χ1v) is 5.72. The number of pyridine rings is 1. The molecule has 0 fully saturated rings. The zero-order valence-corrected chi connectivity index (χ0v) is 10.2.